The quantitative estimate of drug-likeness (QED) is 0.759. The molecule has 15 heavy (non-hydrogen) atoms. The third-order valence-corrected chi connectivity index (χ3v) is 3.76. The summed E-state index contributed by atoms with van der Waals surface area (Å²) in [6.07, 6.45) is 3.65. The van der Waals surface area contributed by atoms with Crippen molar-refractivity contribution < 1.29 is 0 Å². The lowest BCUT2D eigenvalue weighted by Gasteiger charge is -2.13. The maximum absolute atomic E-state index is 5.89. The van der Waals surface area contributed by atoms with E-state index in [9.17, 15) is 0 Å². The van der Waals surface area contributed by atoms with Crippen LogP contribution in [0.5, 0.6) is 0 Å². The number of aromatic nitrogens is 2. The Morgan fingerprint density at radius 3 is 3.00 bits per heavy atom. The van der Waals surface area contributed by atoms with Crippen LogP contribution in [0.2, 0.25) is 0 Å². The number of hydrogen-bond acceptors (Lipinski definition) is 3. The van der Waals surface area contributed by atoms with Crippen molar-refractivity contribution in [3.8, 4) is 0 Å². The summed E-state index contributed by atoms with van der Waals surface area (Å²) in [6.45, 7) is 4.28. The molecule has 1 saturated carbocycles. The lowest BCUT2D eigenvalue weighted by atomic mass is 10.1. The molecule has 4 nitrogen and oxygen atoms in total. The zero-order valence-electron chi connectivity index (χ0n) is 9.16. The molecule has 4 heteroatoms. The van der Waals surface area contributed by atoms with Crippen molar-refractivity contribution in [1.82, 2.24) is 10.2 Å². The zero-order chi connectivity index (χ0) is 10.5. The molecular weight excluding hydrogens is 188 g/mol. The molecule has 2 heterocycles. The monoisotopic (exact) mass is 206 g/mol. The minimum Gasteiger partial charge on any atom is -0.354 e. The van der Waals surface area contributed by atoms with Crippen LogP contribution in [0.25, 0.3) is 0 Å². The molecule has 1 aliphatic carbocycles. The van der Waals surface area contributed by atoms with Crippen LogP contribution in [0.1, 0.15) is 31.9 Å². The Morgan fingerprint density at radius 1 is 1.60 bits per heavy atom. The number of nitrogens with two attached hydrogens (primary N) is 1. The SMILES string of the molecule is CC1(c2cc(N3CCC(N)C3)n[nH]2)CC1. The topological polar surface area (TPSA) is 57.9 Å². The minimum absolute atomic E-state index is 0.321. The van der Waals surface area contributed by atoms with Gasteiger partial charge in [0.05, 0.1) is 0 Å². The van der Waals surface area contributed by atoms with E-state index in [0.717, 1.165) is 25.3 Å². The molecule has 0 aromatic carbocycles. The number of aromatic amines is 1. The molecule has 0 bridgehead atoms. The first kappa shape index (κ1) is 9.21. The predicted molar refractivity (Wildman–Crippen MR) is 60.0 cm³/mol. The fourth-order valence-electron chi connectivity index (χ4n) is 2.23. The standard InChI is InChI=1S/C11H18N4/c1-11(3-4-11)9-6-10(14-13-9)15-5-2-8(12)7-15/h6,8H,2-5,7,12H2,1H3,(H,13,14). The van der Waals surface area contributed by atoms with E-state index < -0.39 is 0 Å². The second-order valence-electron chi connectivity index (χ2n) is 5.20. The zero-order valence-corrected chi connectivity index (χ0v) is 9.16. The highest BCUT2D eigenvalue weighted by molar-refractivity contribution is 5.43. The Morgan fingerprint density at radius 2 is 2.40 bits per heavy atom. The molecule has 1 aliphatic heterocycles. The highest BCUT2D eigenvalue weighted by Crippen LogP contribution is 2.47. The molecular formula is C11H18N4. The first-order chi connectivity index (χ1) is 7.17. The summed E-state index contributed by atoms with van der Waals surface area (Å²) < 4.78 is 0. The minimum atomic E-state index is 0.321. The Hall–Kier alpha value is -1.03. The molecule has 1 atom stereocenters. The van der Waals surface area contributed by atoms with E-state index >= 15 is 0 Å². The van der Waals surface area contributed by atoms with Gasteiger partial charge in [0.15, 0.2) is 5.82 Å². The van der Waals surface area contributed by atoms with Gasteiger partial charge in [0, 0.05) is 36.3 Å². The predicted octanol–water partition coefficient (Wildman–Crippen LogP) is 0.999. The fraction of sp³-hybridized carbons (Fsp3) is 0.727. The van der Waals surface area contributed by atoms with Gasteiger partial charge in [0.25, 0.3) is 0 Å². The summed E-state index contributed by atoms with van der Waals surface area (Å²) >= 11 is 0. The normalized spacial score (nSPS) is 28.4. The molecule has 3 rings (SSSR count). The van der Waals surface area contributed by atoms with Gasteiger partial charge in [0.2, 0.25) is 0 Å². The van der Waals surface area contributed by atoms with Crippen molar-refractivity contribution in [2.75, 3.05) is 18.0 Å². The summed E-state index contributed by atoms with van der Waals surface area (Å²) in [5.74, 6) is 1.08. The highest BCUT2D eigenvalue weighted by Gasteiger charge is 2.41. The largest absolute Gasteiger partial charge is 0.354 e. The third-order valence-electron chi connectivity index (χ3n) is 3.76. The number of rotatable bonds is 2. The van der Waals surface area contributed by atoms with E-state index in [1.165, 1.54) is 18.5 Å². The van der Waals surface area contributed by atoms with Gasteiger partial charge in [0.1, 0.15) is 0 Å². The van der Waals surface area contributed by atoms with Crippen molar-refractivity contribution >= 4 is 5.82 Å². The van der Waals surface area contributed by atoms with Gasteiger partial charge in [-0.3, -0.25) is 5.10 Å². The number of nitrogens with one attached hydrogen (secondary N) is 1. The molecule has 82 valence electrons. The van der Waals surface area contributed by atoms with Crippen LogP contribution >= 0.6 is 0 Å². The summed E-state index contributed by atoms with van der Waals surface area (Å²) in [4.78, 5) is 2.27. The van der Waals surface area contributed by atoms with Crippen LogP contribution in [0.15, 0.2) is 6.07 Å². The molecule has 0 amide bonds. The summed E-state index contributed by atoms with van der Waals surface area (Å²) in [6, 6.07) is 2.52. The Labute approximate surface area is 89.8 Å². The van der Waals surface area contributed by atoms with Crippen LogP contribution < -0.4 is 10.6 Å². The van der Waals surface area contributed by atoms with Crippen LogP contribution in [0.3, 0.4) is 0 Å². The maximum atomic E-state index is 5.89. The van der Waals surface area contributed by atoms with Crippen LogP contribution in [0, 0.1) is 0 Å². The second kappa shape index (κ2) is 2.98. The van der Waals surface area contributed by atoms with Crippen molar-refractivity contribution in [2.24, 2.45) is 5.73 Å². The molecule has 0 spiro atoms. The van der Waals surface area contributed by atoms with Crippen LogP contribution in [-0.4, -0.2) is 29.3 Å². The van der Waals surface area contributed by atoms with E-state index in [-0.39, 0.29) is 0 Å². The van der Waals surface area contributed by atoms with E-state index in [4.69, 9.17) is 5.73 Å². The van der Waals surface area contributed by atoms with E-state index in [2.05, 4.69) is 28.1 Å². The van der Waals surface area contributed by atoms with Gasteiger partial charge >= 0.3 is 0 Å². The number of anilines is 1. The molecule has 1 aromatic heterocycles. The molecule has 2 fully saturated rings. The first-order valence-electron chi connectivity index (χ1n) is 5.74. The second-order valence-corrected chi connectivity index (χ2v) is 5.20. The molecule has 1 unspecified atom stereocenters. The van der Waals surface area contributed by atoms with Crippen LogP contribution in [0.4, 0.5) is 5.82 Å². The first-order valence-corrected chi connectivity index (χ1v) is 5.74. The number of nitrogens with zero attached hydrogens (tertiary/aromatic N) is 2. The number of H-pyrrole nitrogens is 1. The van der Waals surface area contributed by atoms with Crippen molar-refractivity contribution in [3.63, 3.8) is 0 Å². The molecule has 2 aliphatic rings. The summed E-state index contributed by atoms with van der Waals surface area (Å²) in [5.41, 5.74) is 7.56. The molecule has 1 aromatic rings. The van der Waals surface area contributed by atoms with Gasteiger partial charge in [-0.1, -0.05) is 6.92 Å². The highest BCUT2D eigenvalue weighted by atomic mass is 15.3. The maximum Gasteiger partial charge on any atom is 0.150 e. The van der Waals surface area contributed by atoms with Crippen molar-refractivity contribution in [1.29, 1.82) is 0 Å². The lowest BCUT2D eigenvalue weighted by Crippen LogP contribution is -2.26. The van der Waals surface area contributed by atoms with Crippen LogP contribution in [-0.2, 0) is 5.41 Å². The Bertz CT molecular complexity index is 366. The average Bonchev–Trinajstić information content (AvgIpc) is 2.72. The Kier molecular flexibility index (Phi) is 1.83. The lowest BCUT2D eigenvalue weighted by molar-refractivity contribution is 0.741. The average molecular weight is 206 g/mol. The molecule has 1 saturated heterocycles. The van der Waals surface area contributed by atoms with Gasteiger partial charge < -0.3 is 10.6 Å². The Balaban J connectivity index is 1.79. The fourth-order valence-corrected chi connectivity index (χ4v) is 2.23. The van der Waals surface area contributed by atoms with E-state index in [0.29, 0.717) is 11.5 Å². The van der Waals surface area contributed by atoms with E-state index in [1.807, 2.05) is 0 Å². The van der Waals surface area contributed by atoms with Crippen molar-refractivity contribution in [3.05, 3.63) is 11.8 Å². The smallest absolute Gasteiger partial charge is 0.150 e. The van der Waals surface area contributed by atoms with Gasteiger partial charge in [-0.2, -0.15) is 5.10 Å². The molecule has 0 radical (unpaired) electrons. The molecule has 3 N–H and O–H groups in total. The van der Waals surface area contributed by atoms with Crippen molar-refractivity contribution in [2.45, 2.75) is 37.6 Å². The van der Waals surface area contributed by atoms with E-state index in [1.54, 1.807) is 0 Å². The van der Waals surface area contributed by atoms with Gasteiger partial charge in [-0.15, -0.1) is 0 Å². The summed E-state index contributed by atoms with van der Waals surface area (Å²) in [7, 11) is 0. The third kappa shape index (κ3) is 1.53. The summed E-state index contributed by atoms with van der Waals surface area (Å²) in [5, 5.41) is 7.55. The number of hydrogen-bond donors (Lipinski definition) is 2. The van der Waals surface area contributed by atoms with Gasteiger partial charge in [-0.05, 0) is 19.3 Å². The van der Waals surface area contributed by atoms with Gasteiger partial charge in [-0.25, -0.2) is 0 Å².